The topological polar surface area (TPSA) is 52.9 Å². The Morgan fingerprint density at radius 1 is 1.33 bits per heavy atom. The molecule has 1 aromatic carbocycles. The second-order valence-electron chi connectivity index (χ2n) is 8.99. The van der Waals surface area contributed by atoms with Crippen molar-refractivity contribution < 1.29 is 23.1 Å². The number of alkyl halides is 3. The number of rotatable bonds is 4. The number of hydrogen-bond donors (Lipinski definition) is 1. The fourth-order valence-electron chi connectivity index (χ4n) is 4.18. The van der Waals surface area contributed by atoms with Crippen LogP contribution in [0.15, 0.2) is 29.4 Å². The Labute approximate surface area is 183 Å². The lowest BCUT2D eigenvalue weighted by atomic mass is 9.66. The molecule has 1 aromatic rings. The molecule has 1 amide bonds. The molecular weight excluding hydrogens is 437 g/mol. The van der Waals surface area contributed by atoms with Gasteiger partial charge in [-0.1, -0.05) is 50.6 Å². The van der Waals surface area contributed by atoms with Gasteiger partial charge in [-0.05, 0) is 42.2 Å². The van der Waals surface area contributed by atoms with Crippen molar-refractivity contribution in [3.63, 3.8) is 0 Å². The number of aliphatic hydroxyl groups is 1. The summed E-state index contributed by atoms with van der Waals surface area (Å²) < 4.78 is 42.1. The molecule has 1 heterocycles. The number of carbonyl (C=O) groups is 1. The molecule has 1 saturated carbocycles. The van der Waals surface area contributed by atoms with Crippen LogP contribution in [0.5, 0.6) is 0 Å². The minimum absolute atomic E-state index is 0.0000236. The van der Waals surface area contributed by atoms with Gasteiger partial charge in [0.25, 0.3) is 11.6 Å². The van der Waals surface area contributed by atoms with E-state index in [1.807, 2.05) is 20.8 Å². The highest BCUT2D eigenvalue weighted by Crippen LogP contribution is 2.51. The van der Waals surface area contributed by atoms with Crippen LogP contribution in [0, 0.1) is 17.3 Å². The number of nitrogens with zero attached hydrogens (tertiary/aromatic N) is 2. The summed E-state index contributed by atoms with van der Waals surface area (Å²) in [4.78, 5) is 12.7. The van der Waals surface area contributed by atoms with Crippen LogP contribution in [0.3, 0.4) is 0 Å². The van der Waals surface area contributed by atoms with Gasteiger partial charge in [-0.3, -0.25) is 4.79 Å². The lowest BCUT2D eigenvalue weighted by Crippen LogP contribution is -2.62. The molecule has 3 atom stereocenters. The Morgan fingerprint density at radius 3 is 2.60 bits per heavy atom. The molecule has 1 aliphatic heterocycles. The molecule has 0 aromatic heterocycles. The van der Waals surface area contributed by atoms with E-state index in [9.17, 15) is 23.1 Å². The van der Waals surface area contributed by atoms with Crippen LogP contribution in [-0.2, 0) is 10.5 Å². The number of benzene rings is 1. The van der Waals surface area contributed by atoms with Crippen LogP contribution < -0.4 is 0 Å². The SMILES string of the molecule is CC(C)(C)[C@@H]1CCC2=NN(C(=O)CSCc3ccccc3Cl)[C@](O)(C(F)(F)F)[C@@H]2C1. The van der Waals surface area contributed by atoms with E-state index >= 15 is 0 Å². The van der Waals surface area contributed by atoms with Crippen molar-refractivity contribution in [1.82, 2.24) is 5.01 Å². The first-order valence-corrected chi connectivity index (χ1v) is 11.4. The van der Waals surface area contributed by atoms with Crippen LogP contribution in [0.4, 0.5) is 13.2 Å². The molecule has 0 unspecified atom stereocenters. The van der Waals surface area contributed by atoms with E-state index in [1.54, 1.807) is 24.3 Å². The third kappa shape index (κ3) is 4.36. The number of hydrazone groups is 1. The van der Waals surface area contributed by atoms with Crippen molar-refractivity contribution >= 4 is 35.0 Å². The molecule has 3 rings (SSSR count). The lowest BCUT2D eigenvalue weighted by Gasteiger charge is -2.42. The van der Waals surface area contributed by atoms with E-state index in [0.717, 1.165) is 17.3 Å². The van der Waals surface area contributed by atoms with Crippen LogP contribution in [-0.4, -0.2) is 39.4 Å². The number of thioether (sulfide) groups is 1. The van der Waals surface area contributed by atoms with Gasteiger partial charge in [-0.25, -0.2) is 0 Å². The van der Waals surface area contributed by atoms with E-state index in [0.29, 0.717) is 23.6 Å². The molecule has 0 radical (unpaired) electrons. The molecule has 1 N–H and O–H groups in total. The first-order valence-electron chi connectivity index (χ1n) is 9.86. The molecule has 9 heteroatoms. The summed E-state index contributed by atoms with van der Waals surface area (Å²) >= 11 is 7.23. The molecule has 0 saturated heterocycles. The molecule has 0 bridgehead atoms. The summed E-state index contributed by atoms with van der Waals surface area (Å²) in [5.74, 6) is -1.96. The van der Waals surface area contributed by atoms with Crippen LogP contribution in [0.2, 0.25) is 5.02 Å². The monoisotopic (exact) mass is 462 g/mol. The molecule has 30 heavy (non-hydrogen) atoms. The second-order valence-corrected chi connectivity index (χ2v) is 10.4. The van der Waals surface area contributed by atoms with Crippen molar-refractivity contribution in [2.75, 3.05) is 5.75 Å². The molecule has 1 aliphatic carbocycles. The zero-order valence-corrected chi connectivity index (χ0v) is 18.7. The van der Waals surface area contributed by atoms with Gasteiger partial charge in [0.2, 0.25) is 0 Å². The highest BCUT2D eigenvalue weighted by Gasteiger charge is 2.69. The van der Waals surface area contributed by atoms with Gasteiger partial charge in [0.15, 0.2) is 0 Å². The van der Waals surface area contributed by atoms with Crippen molar-refractivity contribution in [2.45, 2.75) is 57.7 Å². The Kier molecular flexibility index (Phi) is 6.52. The van der Waals surface area contributed by atoms with Gasteiger partial charge in [0.1, 0.15) is 0 Å². The minimum Gasteiger partial charge on any atom is -0.362 e. The Morgan fingerprint density at radius 2 is 2.00 bits per heavy atom. The Bertz CT molecular complexity index is 840. The van der Waals surface area contributed by atoms with Gasteiger partial charge < -0.3 is 5.11 Å². The number of fused-ring (bicyclic) bond motifs is 1. The summed E-state index contributed by atoms with van der Waals surface area (Å²) in [6.07, 6.45) is -3.82. The average Bonchev–Trinajstić information content (AvgIpc) is 2.96. The molecule has 166 valence electrons. The second kappa shape index (κ2) is 8.36. The zero-order chi connectivity index (χ0) is 22.3. The quantitative estimate of drug-likeness (QED) is 0.644. The maximum Gasteiger partial charge on any atom is 0.439 e. The molecule has 4 nitrogen and oxygen atoms in total. The zero-order valence-electron chi connectivity index (χ0n) is 17.2. The maximum absolute atomic E-state index is 14.0. The van der Waals surface area contributed by atoms with Gasteiger partial charge in [-0.15, -0.1) is 11.8 Å². The number of amides is 1. The highest BCUT2D eigenvalue weighted by molar-refractivity contribution is 7.99. The first kappa shape index (κ1) is 23.4. The van der Waals surface area contributed by atoms with Crippen molar-refractivity contribution in [3.05, 3.63) is 34.9 Å². The maximum atomic E-state index is 14.0. The van der Waals surface area contributed by atoms with Crippen LogP contribution in [0.1, 0.15) is 45.6 Å². The van der Waals surface area contributed by atoms with Crippen molar-refractivity contribution in [2.24, 2.45) is 22.4 Å². The Hall–Kier alpha value is -1.25. The van der Waals surface area contributed by atoms with Crippen molar-refractivity contribution in [1.29, 1.82) is 0 Å². The average molecular weight is 463 g/mol. The molecular formula is C21H26ClF3N2O2S. The van der Waals surface area contributed by atoms with Gasteiger partial charge >= 0.3 is 6.18 Å². The van der Waals surface area contributed by atoms with Gasteiger partial charge in [0.05, 0.1) is 11.7 Å². The van der Waals surface area contributed by atoms with Crippen LogP contribution in [0.25, 0.3) is 0 Å². The highest BCUT2D eigenvalue weighted by atomic mass is 35.5. The van der Waals surface area contributed by atoms with E-state index in [1.165, 1.54) is 0 Å². The third-order valence-electron chi connectivity index (χ3n) is 6.03. The lowest BCUT2D eigenvalue weighted by molar-refractivity contribution is -0.317. The molecule has 2 aliphatic rings. The largest absolute Gasteiger partial charge is 0.439 e. The molecule has 0 spiro atoms. The summed E-state index contributed by atoms with van der Waals surface area (Å²) in [5, 5.41) is 15.6. The van der Waals surface area contributed by atoms with Gasteiger partial charge in [-0.2, -0.15) is 23.3 Å². The normalized spacial score (nSPS) is 27.1. The summed E-state index contributed by atoms with van der Waals surface area (Å²) in [7, 11) is 0. The predicted molar refractivity (Wildman–Crippen MR) is 113 cm³/mol. The number of hydrogen-bond acceptors (Lipinski definition) is 4. The summed E-state index contributed by atoms with van der Waals surface area (Å²) in [6.45, 7) is 5.95. The van der Waals surface area contributed by atoms with E-state index in [4.69, 9.17) is 11.6 Å². The summed E-state index contributed by atoms with van der Waals surface area (Å²) in [5.41, 5.74) is -2.44. The number of carbonyl (C=O) groups excluding carboxylic acids is 1. The smallest absolute Gasteiger partial charge is 0.362 e. The summed E-state index contributed by atoms with van der Waals surface area (Å²) in [6, 6.07) is 7.08. The van der Waals surface area contributed by atoms with E-state index in [2.05, 4.69) is 5.10 Å². The van der Waals surface area contributed by atoms with Crippen LogP contribution >= 0.6 is 23.4 Å². The predicted octanol–water partition coefficient (Wildman–Crippen LogP) is 5.48. The fourth-order valence-corrected chi connectivity index (χ4v) is 5.33. The molecule has 1 fully saturated rings. The van der Waals surface area contributed by atoms with E-state index < -0.39 is 23.7 Å². The van der Waals surface area contributed by atoms with E-state index in [-0.39, 0.29) is 34.2 Å². The van der Waals surface area contributed by atoms with Gasteiger partial charge in [0, 0.05) is 16.5 Å². The minimum atomic E-state index is -5.01. The third-order valence-corrected chi connectivity index (χ3v) is 7.36. The van der Waals surface area contributed by atoms with Crippen molar-refractivity contribution in [3.8, 4) is 0 Å². The standard InChI is InChI=1S/C21H26ClF3N2O2S/c1-19(2,3)14-8-9-17-15(10-14)20(29,21(23,24)25)27(26-17)18(28)12-30-11-13-6-4-5-7-16(13)22/h4-7,14-15,29H,8-12H2,1-3H3/t14-,15-,20-/m1/s1. The number of halogens is 4. The fraction of sp³-hybridized carbons (Fsp3) is 0.619. The Balaban J connectivity index is 1.77. The first-order chi connectivity index (χ1) is 13.9.